The Labute approximate surface area is 165 Å². The molecule has 7 nitrogen and oxygen atoms in total. The fraction of sp³-hybridized carbons (Fsp3) is 0.524. The average Bonchev–Trinajstić information content (AvgIpc) is 3.45. The number of hydrogen-bond donors (Lipinski definition) is 1. The van der Waals surface area contributed by atoms with E-state index >= 15 is 0 Å². The molecule has 0 bridgehead atoms. The van der Waals surface area contributed by atoms with Crippen molar-refractivity contribution >= 4 is 5.91 Å². The number of piperazine rings is 1. The molecule has 1 amide bonds. The summed E-state index contributed by atoms with van der Waals surface area (Å²) in [7, 11) is 1.69. The molecule has 7 heteroatoms. The first-order valence-corrected chi connectivity index (χ1v) is 10.00. The van der Waals surface area contributed by atoms with Gasteiger partial charge in [0.15, 0.2) is 5.69 Å². The minimum atomic E-state index is -0.133. The summed E-state index contributed by atoms with van der Waals surface area (Å²) in [5.41, 5.74) is 1.68. The van der Waals surface area contributed by atoms with E-state index in [1.807, 2.05) is 12.1 Å². The first kappa shape index (κ1) is 19.0. The molecule has 150 valence electrons. The number of oxazole rings is 1. The highest BCUT2D eigenvalue weighted by molar-refractivity contribution is 5.91. The molecular weight excluding hydrogens is 356 g/mol. The van der Waals surface area contributed by atoms with Crippen LogP contribution < -0.4 is 10.1 Å². The number of nitrogens with one attached hydrogen (secondary N) is 1. The highest BCUT2D eigenvalue weighted by Gasteiger charge is 2.23. The molecule has 2 aliphatic rings. The predicted octanol–water partition coefficient (Wildman–Crippen LogP) is 2.14. The quantitative estimate of drug-likeness (QED) is 0.752. The average molecular weight is 384 g/mol. The predicted molar refractivity (Wildman–Crippen MR) is 105 cm³/mol. The monoisotopic (exact) mass is 384 g/mol. The van der Waals surface area contributed by atoms with Gasteiger partial charge in [-0.15, -0.1) is 0 Å². The standard InChI is InChI=1S/C21H28N4O3/c1-27-18-6-4-17(5-7-18)13-24-8-10-25(11-9-24)14-20-23-19(15-28-20)21(26)22-12-16-2-3-16/h4-7,15-16H,2-3,8-14H2,1H3,(H,22,26). The summed E-state index contributed by atoms with van der Waals surface area (Å²) in [5.74, 6) is 2.02. The lowest BCUT2D eigenvalue weighted by atomic mass is 10.2. The van der Waals surface area contributed by atoms with Crippen molar-refractivity contribution in [1.29, 1.82) is 0 Å². The number of aromatic nitrogens is 1. The normalized spacial score (nSPS) is 18.2. The van der Waals surface area contributed by atoms with Gasteiger partial charge in [0.2, 0.25) is 5.89 Å². The Morgan fingerprint density at radius 2 is 1.82 bits per heavy atom. The Morgan fingerprint density at radius 1 is 1.14 bits per heavy atom. The Bertz CT molecular complexity index is 777. The molecule has 2 fully saturated rings. The maximum atomic E-state index is 12.1. The SMILES string of the molecule is COc1ccc(CN2CCN(Cc3nc(C(=O)NCC4CC4)co3)CC2)cc1. The fourth-order valence-electron chi connectivity index (χ4n) is 3.42. The molecule has 0 radical (unpaired) electrons. The molecule has 2 aromatic rings. The molecule has 1 N–H and O–H groups in total. The molecule has 1 saturated carbocycles. The van der Waals surface area contributed by atoms with Crippen LogP contribution >= 0.6 is 0 Å². The van der Waals surface area contributed by atoms with Crippen molar-refractivity contribution in [3.8, 4) is 5.75 Å². The van der Waals surface area contributed by atoms with Gasteiger partial charge in [0.25, 0.3) is 5.91 Å². The molecule has 1 saturated heterocycles. The second-order valence-corrected chi connectivity index (χ2v) is 7.68. The minimum absolute atomic E-state index is 0.133. The summed E-state index contributed by atoms with van der Waals surface area (Å²) in [6, 6.07) is 8.25. The Hall–Kier alpha value is -2.38. The van der Waals surface area contributed by atoms with Crippen molar-refractivity contribution in [2.24, 2.45) is 5.92 Å². The van der Waals surface area contributed by atoms with Crippen molar-refractivity contribution in [3.63, 3.8) is 0 Å². The second kappa shape index (κ2) is 8.75. The van der Waals surface area contributed by atoms with E-state index in [-0.39, 0.29) is 5.91 Å². The summed E-state index contributed by atoms with van der Waals surface area (Å²) in [5, 5.41) is 2.92. The molecule has 1 aliphatic carbocycles. The van der Waals surface area contributed by atoms with Crippen LogP contribution in [0.15, 0.2) is 34.9 Å². The zero-order chi connectivity index (χ0) is 19.3. The van der Waals surface area contributed by atoms with E-state index in [2.05, 4.69) is 32.2 Å². The van der Waals surface area contributed by atoms with Crippen LogP contribution in [0.3, 0.4) is 0 Å². The number of benzene rings is 1. The smallest absolute Gasteiger partial charge is 0.273 e. The van der Waals surface area contributed by atoms with Crippen molar-refractivity contribution in [2.45, 2.75) is 25.9 Å². The number of rotatable bonds is 8. The molecule has 2 heterocycles. The number of methoxy groups -OCH3 is 1. The number of carbonyl (C=O) groups is 1. The van der Waals surface area contributed by atoms with Gasteiger partial charge in [-0.25, -0.2) is 4.98 Å². The fourth-order valence-corrected chi connectivity index (χ4v) is 3.42. The van der Waals surface area contributed by atoms with Crippen LogP contribution in [0, 0.1) is 5.92 Å². The third-order valence-corrected chi connectivity index (χ3v) is 5.42. The third kappa shape index (κ3) is 5.11. The summed E-state index contributed by atoms with van der Waals surface area (Å²) >= 11 is 0. The molecule has 0 spiro atoms. The van der Waals surface area contributed by atoms with Gasteiger partial charge in [0, 0.05) is 39.3 Å². The van der Waals surface area contributed by atoms with Crippen LogP contribution in [0.4, 0.5) is 0 Å². The minimum Gasteiger partial charge on any atom is -0.497 e. The van der Waals surface area contributed by atoms with Crippen LogP contribution in [0.5, 0.6) is 5.75 Å². The summed E-state index contributed by atoms with van der Waals surface area (Å²) in [4.78, 5) is 21.2. The van der Waals surface area contributed by atoms with Crippen molar-refractivity contribution in [1.82, 2.24) is 20.1 Å². The van der Waals surface area contributed by atoms with Crippen molar-refractivity contribution in [2.75, 3.05) is 39.8 Å². The van der Waals surface area contributed by atoms with E-state index in [1.165, 1.54) is 24.7 Å². The Morgan fingerprint density at radius 3 is 2.46 bits per heavy atom. The van der Waals surface area contributed by atoms with Crippen LogP contribution in [0.25, 0.3) is 0 Å². The first-order chi connectivity index (χ1) is 13.7. The largest absolute Gasteiger partial charge is 0.497 e. The summed E-state index contributed by atoms with van der Waals surface area (Å²) < 4.78 is 10.7. The van der Waals surface area contributed by atoms with Gasteiger partial charge < -0.3 is 14.5 Å². The lowest BCUT2D eigenvalue weighted by Gasteiger charge is -2.34. The highest BCUT2D eigenvalue weighted by Crippen LogP contribution is 2.27. The zero-order valence-electron chi connectivity index (χ0n) is 16.4. The van der Waals surface area contributed by atoms with Gasteiger partial charge >= 0.3 is 0 Å². The number of carbonyl (C=O) groups excluding carboxylic acids is 1. The molecule has 28 heavy (non-hydrogen) atoms. The van der Waals surface area contributed by atoms with Crippen LogP contribution in [-0.2, 0) is 13.1 Å². The van der Waals surface area contributed by atoms with Crippen molar-refractivity contribution < 1.29 is 13.9 Å². The van der Waals surface area contributed by atoms with E-state index in [9.17, 15) is 4.79 Å². The molecular formula is C21H28N4O3. The molecule has 1 aliphatic heterocycles. The van der Waals surface area contributed by atoms with E-state index in [4.69, 9.17) is 9.15 Å². The molecule has 1 aromatic carbocycles. The number of hydrogen-bond acceptors (Lipinski definition) is 6. The maximum absolute atomic E-state index is 12.1. The zero-order valence-corrected chi connectivity index (χ0v) is 16.4. The van der Waals surface area contributed by atoms with Gasteiger partial charge in [-0.05, 0) is 36.5 Å². The van der Waals surface area contributed by atoms with Crippen molar-refractivity contribution in [3.05, 3.63) is 47.7 Å². The topological polar surface area (TPSA) is 70.8 Å². The first-order valence-electron chi connectivity index (χ1n) is 10.00. The van der Waals surface area contributed by atoms with E-state index in [1.54, 1.807) is 7.11 Å². The van der Waals surface area contributed by atoms with Gasteiger partial charge in [0.1, 0.15) is 12.0 Å². The van der Waals surface area contributed by atoms with E-state index in [0.717, 1.165) is 45.0 Å². The number of ether oxygens (including phenoxy) is 1. The number of amides is 1. The van der Waals surface area contributed by atoms with Crippen LogP contribution in [-0.4, -0.2) is 60.5 Å². The van der Waals surface area contributed by atoms with Gasteiger partial charge in [-0.1, -0.05) is 12.1 Å². The molecule has 0 unspecified atom stereocenters. The lowest BCUT2D eigenvalue weighted by molar-refractivity contribution is 0.0946. The second-order valence-electron chi connectivity index (χ2n) is 7.68. The Balaban J connectivity index is 1.21. The maximum Gasteiger partial charge on any atom is 0.273 e. The summed E-state index contributed by atoms with van der Waals surface area (Å²) in [6.07, 6.45) is 3.90. The third-order valence-electron chi connectivity index (χ3n) is 5.42. The number of nitrogens with zero attached hydrogens (tertiary/aromatic N) is 3. The van der Waals surface area contributed by atoms with Gasteiger partial charge in [0.05, 0.1) is 13.7 Å². The summed E-state index contributed by atoms with van der Waals surface area (Å²) in [6.45, 7) is 6.26. The van der Waals surface area contributed by atoms with Crippen LogP contribution in [0.1, 0.15) is 34.8 Å². The van der Waals surface area contributed by atoms with E-state index in [0.29, 0.717) is 24.0 Å². The van der Waals surface area contributed by atoms with Crippen LogP contribution in [0.2, 0.25) is 0 Å². The van der Waals surface area contributed by atoms with Gasteiger partial charge in [-0.3, -0.25) is 14.6 Å². The Kier molecular flexibility index (Phi) is 5.92. The lowest BCUT2D eigenvalue weighted by Crippen LogP contribution is -2.45. The molecule has 1 aromatic heterocycles. The molecule has 4 rings (SSSR count). The van der Waals surface area contributed by atoms with Gasteiger partial charge in [-0.2, -0.15) is 0 Å². The highest BCUT2D eigenvalue weighted by atomic mass is 16.5. The molecule has 0 atom stereocenters. The van der Waals surface area contributed by atoms with E-state index < -0.39 is 0 Å².